The average molecular weight is 327 g/mol. The molecule has 0 fully saturated rings. The summed E-state index contributed by atoms with van der Waals surface area (Å²) in [5.74, 6) is 0.493. The highest BCUT2D eigenvalue weighted by atomic mass is 127. The van der Waals surface area contributed by atoms with Crippen LogP contribution in [0.2, 0.25) is 5.02 Å². The Morgan fingerprint density at radius 3 is 2.85 bits per heavy atom. The van der Waals surface area contributed by atoms with Crippen LogP contribution >= 0.6 is 45.5 Å². The van der Waals surface area contributed by atoms with Crippen LogP contribution in [0.25, 0.3) is 10.8 Å². The highest BCUT2D eigenvalue weighted by molar-refractivity contribution is 14.1. The van der Waals surface area contributed by atoms with E-state index in [0.29, 0.717) is 14.7 Å². The molecule has 0 saturated carbocycles. The van der Waals surface area contributed by atoms with E-state index in [-0.39, 0.29) is 0 Å². The SMILES string of the molecule is Cc1csc(-c2nc(I)no2)c1Cl. The summed E-state index contributed by atoms with van der Waals surface area (Å²) >= 11 is 9.54. The fraction of sp³-hybridized carbons (Fsp3) is 0.143. The fourth-order valence-corrected chi connectivity index (χ4v) is 2.38. The third-order valence-electron chi connectivity index (χ3n) is 1.49. The zero-order valence-electron chi connectivity index (χ0n) is 6.54. The standard InChI is InChI=1S/C7H4ClIN2OS/c1-3-2-13-5(4(3)8)6-10-7(9)11-12-6/h2H,1H3. The molecule has 0 aliphatic carbocycles. The summed E-state index contributed by atoms with van der Waals surface area (Å²) in [5, 5.41) is 6.36. The topological polar surface area (TPSA) is 38.9 Å². The minimum atomic E-state index is 0.493. The Hall–Kier alpha value is -0.140. The van der Waals surface area contributed by atoms with E-state index in [1.165, 1.54) is 11.3 Å². The van der Waals surface area contributed by atoms with Crippen molar-refractivity contribution >= 4 is 45.5 Å². The zero-order valence-corrected chi connectivity index (χ0v) is 10.3. The lowest BCUT2D eigenvalue weighted by atomic mass is 10.3. The van der Waals surface area contributed by atoms with Gasteiger partial charge in [0.2, 0.25) is 3.83 Å². The molecule has 0 atom stereocenters. The molecule has 0 aliphatic rings. The van der Waals surface area contributed by atoms with Gasteiger partial charge < -0.3 is 4.52 Å². The second-order valence-electron chi connectivity index (χ2n) is 2.43. The zero-order chi connectivity index (χ0) is 9.42. The number of thiophene rings is 1. The molecule has 0 aromatic carbocycles. The first-order chi connectivity index (χ1) is 6.18. The summed E-state index contributed by atoms with van der Waals surface area (Å²) in [5.41, 5.74) is 1.04. The number of rotatable bonds is 1. The van der Waals surface area contributed by atoms with Crippen molar-refractivity contribution in [2.24, 2.45) is 0 Å². The van der Waals surface area contributed by atoms with E-state index in [2.05, 4.69) is 10.1 Å². The minimum absolute atomic E-state index is 0.493. The number of aromatic nitrogens is 2. The fourth-order valence-electron chi connectivity index (χ4n) is 0.872. The molecule has 2 heterocycles. The van der Waals surface area contributed by atoms with Gasteiger partial charge in [0.05, 0.1) is 5.02 Å². The van der Waals surface area contributed by atoms with Gasteiger partial charge in [0, 0.05) is 22.6 Å². The maximum Gasteiger partial charge on any atom is 0.270 e. The Morgan fingerprint density at radius 2 is 2.38 bits per heavy atom. The highest BCUT2D eigenvalue weighted by Gasteiger charge is 2.14. The number of hydrogen-bond acceptors (Lipinski definition) is 4. The Kier molecular flexibility index (Phi) is 2.57. The largest absolute Gasteiger partial charge is 0.332 e. The lowest BCUT2D eigenvalue weighted by molar-refractivity contribution is 0.426. The van der Waals surface area contributed by atoms with Gasteiger partial charge in [-0.3, -0.25) is 0 Å². The van der Waals surface area contributed by atoms with E-state index in [1.54, 1.807) is 0 Å². The van der Waals surface area contributed by atoms with E-state index >= 15 is 0 Å². The van der Waals surface area contributed by atoms with Crippen molar-refractivity contribution in [3.63, 3.8) is 0 Å². The normalized spacial score (nSPS) is 10.7. The minimum Gasteiger partial charge on any atom is -0.332 e. The maximum atomic E-state index is 6.03. The molecule has 68 valence electrons. The molecule has 0 amide bonds. The monoisotopic (exact) mass is 326 g/mol. The van der Waals surface area contributed by atoms with Crippen LogP contribution in [0, 0.1) is 10.8 Å². The van der Waals surface area contributed by atoms with Crippen molar-refractivity contribution < 1.29 is 4.52 Å². The molecule has 6 heteroatoms. The van der Waals surface area contributed by atoms with Gasteiger partial charge >= 0.3 is 0 Å². The summed E-state index contributed by atoms with van der Waals surface area (Å²) < 4.78 is 5.59. The van der Waals surface area contributed by atoms with Crippen LogP contribution in [-0.4, -0.2) is 10.1 Å². The summed E-state index contributed by atoms with van der Waals surface area (Å²) in [6.45, 7) is 1.95. The Labute approximate surface area is 97.2 Å². The second-order valence-corrected chi connectivity index (χ2v) is 4.65. The molecule has 0 N–H and O–H groups in total. The molecule has 2 aromatic heterocycles. The molecule has 0 saturated heterocycles. The Balaban J connectivity index is 2.52. The van der Waals surface area contributed by atoms with Crippen molar-refractivity contribution in [1.29, 1.82) is 0 Å². The van der Waals surface area contributed by atoms with E-state index in [9.17, 15) is 0 Å². The first kappa shape index (κ1) is 9.42. The second kappa shape index (κ2) is 3.55. The molecule has 13 heavy (non-hydrogen) atoms. The van der Waals surface area contributed by atoms with Gasteiger partial charge in [0.15, 0.2) is 0 Å². The number of hydrogen-bond donors (Lipinski definition) is 0. The van der Waals surface area contributed by atoms with Gasteiger partial charge in [-0.15, -0.1) is 11.3 Å². The highest BCUT2D eigenvalue weighted by Crippen LogP contribution is 2.35. The van der Waals surface area contributed by atoms with Crippen molar-refractivity contribution in [2.75, 3.05) is 0 Å². The summed E-state index contributed by atoms with van der Waals surface area (Å²) in [7, 11) is 0. The summed E-state index contributed by atoms with van der Waals surface area (Å²) in [6.07, 6.45) is 0. The third kappa shape index (κ3) is 1.72. The molecular weight excluding hydrogens is 323 g/mol. The predicted octanol–water partition coefficient (Wildman–Crippen LogP) is 3.36. The van der Waals surface area contributed by atoms with Crippen molar-refractivity contribution in [3.05, 3.63) is 19.8 Å². The molecule has 3 nitrogen and oxygen atoms in total. The molecule has 0 spiro atoms. The number of halogens is 2. The van der Waals surface area contributed by atoms with E-state index in [1.807, 2.05) is 34.9 Å². The van der Waals surface area contributed by atoms with Gasteiger partial charge in [-0.1, -0.05) is 16.8 Å². The number of aryl methyl sites for hydroxylation is 1. The molecule has 0 bridgehead atoms. The molecule has 2 aromatic rings. The van der Waals surface area contributed by atoms with Crippen LogP contribution in [0.5, 0.6) is 0 Å². The molecule has 0 radical (unpaired) electrons. The van der Waals surface area contributed by atoms with Gasteiger partial charge in [0.1, 0.15) is 4.88 Å². The van der Waals surface area contributed by atoms with Crippen molar-refractivity contribution in [2.45, 2.75) is 6.92 Å². The van der Waals surface area contributed by atoms with Gasteiger partial charge in [-0.05, 0) is 17.9 Å². The smallest absolute Gasteiger partial charge is 0.270 e. The molecular formula is C7H4ClIN2OS. The molecule has 0 aliphatic heterocycles. The predicted molar refractivity (Wildman–Crippen MR) is 60.1 cm³/mol. The van der Waals surface area contributed by atoms with Crippen LogP contribution in [-0.2, 0) is 0 Å². The number of nitrogens with zero attached hydrogens (tertiary/aromatic N) is 2. The lowest BCUT2D eigenvalue weighted by Gasteiger charge is -1.88. The summed E-state index contributed by atoms with van der Waals surface area (Å²) in [4.78, 5) is 4.93. The van der Waals surface area contributed by atoms with E-state index < -0.39 is 0 Å². The molecule has 2 rings (SSSR count). The van der Waals surface area contributed by atoms with Gasteiger partial charge in [0.25, 0.3) is 5.89 Å². The first-order valence-corrected chi connectivity index (χ1v) is 5.75. The van der Waals surface area contributed by atoms with Crippen LogP contribution in [0.15, 0.2) is 9.90 Å². The van der Waals surface area contributed by atoms with Crippen LogP contribution in [0.3, 0.4) is 0 Å². The maximum absolute atomic E-state index is 6.03. The van der Waals surface area contributed by atoms with Crippen LogP contribution in [0.4, 0.5) is 0 Å². The van der Waals surface area contributed by atoms with Crippen LogP contribution in [0.1, 0.15) is 5.56 Å². The first-order valence-electron chi connectivity index (χ1n) is 3.41. The summed E-state index contributed by atoms with van der Waals surface area (Å²) in [6, 6.07) is 0. The Bertz CT molecular complexity index is 439. The average Bonchev–Trinajstić information content (AvgIpc) is 2.62. The van der Waals surface area contributed by atoms with Gasteiger partial charge in [-0.25, -0.2) is 0 Å². The van der Waals surface area contributed by atoms with Gasteiger partial charge in [-0.2, -0.15) is 4.98 Å². The van der Waals surface area contributed by atoms with Crippen molar-refractivity contribution in [3.8, 4) is 10.8 Å². The lowest BCUT2D eigenvalue weighted by Crippen LogP contribution is -1.74. The van der Waals surface area contributed by atoms with E-state index in [4.69, 9.17) is 16.1 Å². The van der Waals surface area contributed by atoms with E-state index in [0.717, 1.165) is 10.4 Å². The Morgan fingerprint density at radius 1 is 1.62 bits per heavy atom. The quantitative estimate of drug-likeness (QED) is 0.754. The molecule has 0 unspecified atom stereocenters. The third-order valence-corrected chi connectivity index (χ3v) is 3.62. The van der Waals surface area contributed by atoms with Crippen LogP contribution < -0.4 is 0 Å². The van der Waals surface area contributed by atoms with Crippen molar-refractivity contribution in [1.82, 2.24) is 10.1 Å².